The van der Waals surface area contributed by atoms with Gasteiger partial charge in [0.2, 0.25) is 0 Å². The standard InChI is InChI=1S/C27H20BrClFN3O6/c1-2-38-22-13-15(12-19(28)24(22)39-14-23(34)31-21-6-4-3-5-20(21)29)11-18-25(35)32-27(37)33(26(18)36)17-9-7-16(30)8-10-17/h3-13H,2,14H2,1H3,(H,31,34)(H,32,35,37)/b18-11+. The lowest BCUT2D eigenvalue weighted by Gasteiger charge is -2.26. The summed E-state index contributed by atoms with van der Waals surface area (Å²) < 4.78 is 25.1. The van der Waals surface area contributed by atoms with Crippen molar-refractivity contribution in [3.8, 4) is 11.5 Å². The number of rotatable bonds is 8. The van der Waals surface area contributed by atoms with Crippen molar-refractivity contribution < 1.29 is 33.0 Å². The van der Waals surface area contributed by atoms with Gasteiger partial charge in [-0.05, 0) is 83.0 Å². The lowest BCUT2D eigenvalue weighted by atomic mass is 10.1. The highest BCUT2D eigenvalue weighted by Gasteiger charge is 2.37. The minimum Gasteiger partial charge on any atom is -0.490 e. The molecule has 1 aliphatic heterocycles. The number of amides is 5. The fourth-order valence-corrected chi connectivity index (χ4v) is 4.37. The molecule has 9 nitrogen and oxygen atoms in total. The monoisotopic (exact) mass is 615 g/mol. The van der Waals surface area contributed by atoms with E-state index in [1.165, 1.54) is 24.3 Å². The van der Waals surface area contributed by atoms with Crippen molar-refractivity contribution in [2.75, 3.05) is 23.4 Å². The molecule has 0 aliphatic carbocycles. The van der Waals surface area contributed by atoms with Crippen LogP contribution in [0.1, 0.15) is 12.5 Å². The molecule has 12 heteroatoms. The first-order valence-corrected chi connectivity index (χ1v) is 12.7. The number of carbonyl (C=O) groups excluding carboxylic acids is 4. The van der Waals surface area contributed by atoms with Crippen molar-refractivity contribution in [3.63, 3.8) is 0 Å². The number of ether oxygens (including phenoxy) is 2. The molecule has 0 atom stereocenters. The summed E-state index contributed by atoms with van der Waals surface area (Å²) in [6.07, 6.45) is 1.28. The maximum Gasteiger partial charge on any atom is 0.335 e. The molecular formula is C27H20BrClFN3O6. The third-order valence-electron chi connectivity index (χ3n) is 5.32. The molecule has 3 aromatic carbocycles. The second kappa shape index (κ2) is 12.1. The van der Waals surface area contributed by atoms with Crippen molar-refractivity contribution in [3.05, 3.63) is 87.1 Å². The van der Waals surface area contributed by atoms with Crippen LogP contribution in [0, 0.1) is 5.82 Å². The highest BCUT2D eigenvalue weighted by Crippen LogP contribution is 2.38. The summed E-state index contributed by atoms with van der Waals surface area (Å²) in [6, 6.07) is 13.5. The molecule has 5 amide bonds. The summed E-state index contributed by atoms with van der Waals surface area (Å²) in [5, 5.41) is 5.14. The summed E-state index contributed by atoms with van der Waals surface area (Å²) in [6.45, 7) is 1.64. The predicted molar refractivity (Wildman–Crippen MR) is 146 cm³/mol. The third kappa shape index (κ3) is 6.44. The Morgan fingerprint density at radius 2 is 1.82 bits per heavy atom. The van der Waals surface area contributed by atoms with Crippen molar-refractivity contribution in [1.82, 2.24) is 5.32 Å². The van der Waals surface area contributed by atoms with Gasteiger partial charge in [-0.2, -0.15) is 0 Å². The van der Waals surface area contributed by atoms with Crippen LogP contribution < -0.4 is 25.0 Å². The van der Waals surface area contributed by atoms with Crippen molar-refractivity contribution in [2.45, 2.75) is 6.92 Å². The quantitative estimate of drug-likeness (QED) is 0.262. The molecule has 0 radical (unpaired) electrons. The zero-order valence-corrected chi connectivity index (χ0v) is 22.6. The normalized spacial score (nSPS) is 14.3. The van der Waals surface area contributed by atoms with E-state index in [-0.39, 0.29) is 36.0 Å². The van der Waals surface area contributed by atoms with Gasteiger partial charge in [0.25, 0.3) is 17.7 Å². The Kier molecular flexibility index (Phi) is 8.62. The summed E-state index contributed by atoms with van der Waals surface area (Å²) in [5.74, 6) is -2.34. The van der Waals surface area contributed by atoms with Crippen LogP contribution in [-0.2, 0) is 14.4 Å². The molecule has 0 spiro atoms. The molecule has 0 aromatic heterocycles. The number of carbonyl (C=O) groups is 4. The Hall–Kier alpha value is -4.22. The van der Waals surface area contributed by atoms with Crippen molar-refractivity contribution in [1.29, 1.82) is 0 Å². The van der Waals surface area contributed by atoms with Crippen LogP contribution in [0.2, 0.25) is 5.02 Å². The number of halogens is 3. The second-order valence-corrected chi connectivity index (χ2v) is 9.28. The highest BCUT2D eigenvalue weighted by molar-refractivity contribution is 9.10. The molecule has 200 valence electrons. The average Bonchev–Trinajstić information content (AvgIpc) is 2.88. The Balaban J connectivity index is 1.58. The number of para-hydroxylation sites is 1. The molecule has 4 rings (SSSR count). The van der Waals surface area contributed by atoms with Crippen LogP contribution in [0.3, 0.4) is 0 Å². The molecule has 3 aromatic rings. The lowest BCUT2D eigenvalue weighted by molar-refractivity contribution is -0.122. The van der Waals surface area contributed by atoms with E-state index in [2.05, 4.69) is 26.6 Å². The second-order valence-electron chi connectivity index (χ2n) is 8.01. The number of imide groups is 2. The van der Waals surface area contributed by atoms with Gasteiger partial charge >= 0.3 is 6.03 Å². The van der Waals surface area contributed by atoms with Crippen molar-refractivity contribution >= 4 is 68.7 Å². The fourth-order valence-electron chi connectivity index (χ4n) is 3.61. The van der Waals surface area contributed by atoms with E-state index in [1.54, 1.807) is 37.3 Å². The zero-order valence-electron chi connectivity index (χ0n) is 20.3. The highest BCUT2D eigenvalue weighted by atomic mass is 79.9. The number of hydrogen-bond acceptors (Lipinski definition) is 6. The minimum atomic E-state index is -0.955. The molecule has 1 heterocycles. The fraction of sp³-hybridized carbons (Fsp3) is 0.111. The van der Waals surface area contributed by atoms with E-state index in [4.69, 9.17) is 21.1 Å². The van der Waals surface area contributed by atoms with E-state index < -0.39 is 29.6 Å². The molecule has 0 unspecified atom stereocenters. The number of urea groups is 1. The molecular weight excluding hydrogens is 597 g/mol. The van der Waals surface area contributed by atoms with Gasteiger partial charge in [0.1, 0.15) is 11.4 Å². The molecule has 2 N–H and O–H groups in total. The zero-order chi connectivity index (χ0) is 28.1. The number of benzene rings is 3. The van der Waals surface area contributed by atoms with Gasteiger partial charge < -0.3 is 14.8 Å². The minimum absolute atomic E-state index is 0.0901. The first kappa shape index (κ1) is 27.8. The number of nitrogens with zero attached hydrogens (tertiary/aromatic N) is 1. The van der Waals surface area contributed by atoms with Gasteiger partial charge in [-0.3, -0.25) is 19.7 Å². The Labute approximate surface area is 235 Å². The largest absolute Gasteiger partial charge is 0.490 e. The molecule has 1 saturated heterocycles. The van der Waals surface area contributed by atoms with Crippen LogP contribution in [-0.4, -0.2) is 37.0 Å². The van der Waals surface area contributed by atoms with E-state index in [1.807, 2.05) is 0 Å². The van der Waals surface area contributed by atoms with Gasteiger partial charge in [0.15, 0.2) is 18.1 Å². The molecule has 1 aliphatic rings. The molecule has 0 bridgehead atoms. The Morgan fingerprint density at radius 1 is 1.10 bits per heavy atom. The third-order valence-corrected chi connectivity index (χ3v) is 6.24. The number of barbiturate groups is 1. The summed E-state index contributed by atoms with van der Waals surface area (Å²) >= 11 is 9.46. The first-order chi connectivity index (χ1) is 18.7. The Bertz CT molecular complexity index is 1500. The number of hydrogen-bond donors (Lipinski definition) is 2. The van der Waals surface area contributed by atoms with Crippen LogP contribution in [0.25, 0.3) is 6.08 Å². The summed E-state index contributed by atoms with van der Waals surface area (Å²) in [4.78, 5) is 51.2. The smallest absolute Gasteiger partial charge is 0.335 e. The number of nitrogens with one attached hydrogen (secondary N) is 2. The predicted octanol–water partition coefficient (Wildman–Crippen LogP) is 5.32. The molecule has 0 saturated carbocycles. The van der Waals surface area contributed by atoms with E-state index in [0.717, 1.165) is 17.0 Å². The maximum atomic E-state index is 13.3. The van der Waals surface area contributed by atoms with Gasteiger partial charge in [-0.25, -0.2) is 14.1 Å². The maximum absolute atomic E-state index is 13.3. The SMILES string of the molecule is CCOc1cc(/C=C2\C(=O)NC(=O)N(c3ccc(F)cc3)C2=O)cc(Br)c1OCC(=O)Nc1ccccc1Cl. The summed E-state index contributed by atoms with van der Waals surface area (Å²) in [5.41, 5.74) is 0.556. The topological polar surface area (TPSA) is 114 Å². The van der Waals surface area contributed by atoms with Crippen LogP contribution in [0.4, 0.5) is 20.6 Å². The van der Waals surface area contributed by atoms with Crippen LogP contribution in [0.15, 0.2) is 70.7 Å². The number of anilines is 2. The Morgan fingerprint density at radius 3 is 2.51 bits per heavy atom. The van der Waals surface area contributed by atoms with E-state index in [0.29, 0.717) is 20.7 Å². The van der Waals surface area contributed by atoms with E-state index >= 15 is 0 Å². The first-order valence-electron chi connectivity index (χ1n) is 11.5. The van der Waals surface area contributed by atoms with E-state index in [9.17, 15) is 23.6 Å². The lowest BCUT2D eigenvalue weighted by Crippen LogP contribution is -2.54. The summed E-state index contributed by atoms with van der Waals surface area (Å²) in [7, 11) is 0. The van der Waals surface area contributed by atoms with Crippen LogP contribution in [0.5, 0.6) is 11.5 Å². The van der Waals surface area contributed by atoms with Gasteiger partial charge in [-0.15, -0.1) is 0 Å². The van der Waals surface area contributed by atoms with Crippen molar-refractivity contribution in [2.24, 2.45) is 0 Å². The molecule has 1 fully saturated rings. The van der Waals surface area contributed by atoms with Gasteiger partial charge in [0.05, 0.1) is 27.5 Å². The average molecular weight is 617 g/mol. The van der Waals surface area contributed by atoms with Gasteiger partial charge in [0, 0.05) is 0 Å². The van der Waals surface area contributed by atoms with Crippen LogP contribution >= 0.6 is 27.5 Å². The van der Waals surface area contributed by atoms with Gasteiger partial charge in [-0.1, -0.05) is 23.7 Å². The molecule has 39 heavy (non-hydrogen) atoms.